The zero-order valence-electron chi connectivity index (χ0n) is 35.5. The van der Waals surface area contributed by atoms with Gasteiger partial charge < -0.3 is 25.5 Å². The van der Waals surface area contributed by atoms with E-state index < -0.39 is 31.4 Å². The van der Waals surface area contributed by atoms with E-state index in [-0.39, 0.29) is 41.7 Å². The van der Waals surface area contributed by atoms with Gasteiger partial charge in [0.1, 0.15) is 5.69 Å². The average molecular weight is 939 g/mol. The molecule has 2 fully saturated rings. The van der Waals surface area contributed by atoms with Gasteiger partial charge in [-0.2, -0.15) is 0 Å². The number of nitrogens with one attached hydrogen (secondary N) is 3. The lowest BCUT2D eigenvalue weighted by Gasteiger charge is -2.43. The summed E-state index contributed by atoms with van der Waals surface area (Å²) in [6.45, 7) is 12.0. The van der Waals surface area contributed by atoms with Crippen LogP contribution in [0.4, 0.5) is 17.1 Å². The van der Waals surface area contributed by atoms with Gasteiger partial charge in [0.05, 0.1) is 9.82 Å². The molecule has 63 heavy (non-hydrogen) atoms. The maximum Gasteiger partial charge on any atom is 0.293 e. The first kappa shape index (κ1) is 48.3. The largest absolute Gasteiger partial charge is 0.396 e. The van der Waals surface area contributed by atoms with E-state index in [1.165, 1.54) is 40.6 Å². The molecule has 2 aliphatic heterocycles. The number of anilines is 2. The number of rotatable bonds is 17. The second kappa shape index (κ2) is 22.1. The van der Waals surface area contributed by atoms with Crippen molar-refractivity contribution in [3.8, 4) is 0 Å². The van der Waals surface area contributed by atoms with Gasteiger partial charge in [-0.05, 0) is 103 Å². The number of aliphatic hydroxyl groups excluding tert-OH is 1. The fraction of sp³-hybridized carbons (Fsp3) is 0.413. The van der Waals surface area contributed by atoms with E-state index in [9.17, 15) is 28.4 Å². The summed E-state index contributed by atoms with van der Waals surface area (Å²) in [6.07, 6.45) is 3.59. The molecule has 4 N–H and O–H groups in total. The Morgan fingerprint density at radius 3 is 2.32 bits per heavy atom. The van der Waals surface area contributed by atoms with Crippen LogP contribution in [-0.4, -0.2) is 118 Å². The van der Waals surface area contributed by atoms with Crippen molar-refractivity contribution in [1.29, 1.82) is 0 Å². The third-order valence-corrected chi connectivity index (χ3v) is 14.8. The number of nitro benzene ring substituents is 1. The number of thioether (sulfide) groups is 1. The van der Waals surface area contributed by atoms with Gasteiger partial charge in [0.2, 0.25) is 0 Å². The van der Waals surface area contributed by atoms with Gasteiger partial charge in [0, 0.05) is 111 Å². The van der Waals surface area contributed by atoms with E-state index >= 15 is 0 Å². The normalized spacial score (nSPS) is 19.3. The van der Waals surface area contributed by atoms with E-state index in [4.69, 9.17) is 11.6 Å². The Kier molecular flexibility index (Phi) is 17.0. The Bertz CT molecular complexity index is 2310. The van der Waals surface area contributed by atoms with Crippen molar-refractivity contribution >= 4 is 74.3 Å². The number of sulfonamides is 1. The van der Waals surface area contributed by atoms with Crippen LogP contribution in [0.1, 0.15) is 48.5 Å². The highest BCUT2D eigenvalue weighted by Gasteiger charge is 2.35. The molecule has 0 radical (unpaired) electrons. The topological polar surface area (TPSA) is 160 Å². The van der Waals surface area contributed by atoms with Crippen molar-refractivity contribution in [2.45, 2.75) is 48.4 Å². The molecule has 1 amide bonds. The molecule has 3 aliphatic rings. The van der Waals surface area contributed by atoms with E-state index in [1.54, 1.807) is 12.1 Å². The summed E-state index contributed by atoms with van der Waals surface area (Å²) >= 11 is 7.81. The van der Waals surface area contributed by atoms with E-state index in [0.29, 0.717) is 12.2 Å². The number of aliphatic hydroxyl groups is 1. The van der Waals surface area contributed by atoms with Crippen LogP contribution in [0.25, 0.3) is 5.57 Å². The van der Waals surface area contributed by atoms with Crippen molar-refractivity contribution < 1.29 is 23.2 Å². The van der Waals surface area contributed by atoms with Gasteiger partial charge in [0.25, 0.3) is 21.6 Å². The molecular formula is C46H57Cl2N7O6S2. The number of hydrogen-bond acceptors (Lipinski definition) is 12. The van der Waals surface area contributed by atoms with E-state index in [0.717, 1.165) is 106 Å². The highest BCUT2D eigenvalue weighted by atomic mass is 35.5. The summed E-state index contributed by atoms with van der Waals surface area (Å²) in [5.41, 5.74) is 5.17. The molecule has 0 saturated carbocycles. The number of benzene rings is 4. The minimum absolute atomic E-state index is 0. The Hall–Kier alpha value is -4.19. The van der Waals surface area contributed by atoms with Gasteiger partial charge in [-0.1, -0.05) is 54.4 Å². The standard InChI is InChI=1S/C46H56ClN7O6S2.ClH/c1-46(33-52-22-20-48-21-23-52)19-17-42(34-7-11-37(47)12-8-34)36(30-46)31-51-24-26-53(27-25-51)39-13-9-35(10-14-39)45(56)50-62(59,60)41-15-16-43(44(29-41)54(57)58)49-38(18-28-55)32-61-40-5-3-2-4-6-40;/h2-16,29,38,48-49,55H,17-28,30-33H2,1H3,(H,50,56);1H. The molecule has 0 aromatic heterocycles. The summed E-state index contributed by atoms with van der Waals surface area (Å²) in [5, 5.41) is 29.1. The molecule has 0 bridgehead atoms. The number of nitro groups is 1. The Morgan fingerprint density at radius 1 is 0.952 bits per heavy atom. The zero-order valence-corrected chi connectivity index (χ0v) is 38.7. The van der Waals surface area contributed by atoms with Crippen LogP contribution in [-0.2, 0) is 10.0 Å². The van der Waals surface area contributed by atoms with Crippen LogP contribution in [0.15, 0.2) is 112 Å². The van der Waals surface area contributed by atoms with Crippen molar-refractivity contribution in [3.63, 3.8) is 0 Å². The molecule has 338 valence electrons. The molecule has 13 nitrogen and oxygen atoms in total. The molecule has 7 rings (SSSR count). The van der Waals surface area contributed by atoms with Crippen LogP contribution in [0, 0.1) is 15.5 Å². The molecule has 4 aromatic carbocycles. The highest BCUT2D eigenvalue weighted by Crippen LogP contribution is 2.44. The van der Waals surface area contributed by atoms with Crippen molar-refractivity contribution in [1.82, 2.24) is 19.8 Å². The molecule has 2 saturated heterocycles. The Labute approximate surface area is 386 Å². The van der Waals surface area contributed by atoms with Gasteiger partial charge in [-0.3, -0.25) is 19.8 Å². The average Bonchev–Trinajstić information content (AvgIpc) is 3.27. The quantitative estimate of drug-likeness (QED) is 0.0473. The maximum absolute atomic E-state index is 13.4. The summed E-state index contributed by atoms with van der Waals surface area (Å²) < 4.78 is 28.8. The molecule has 2 heterocycles. The lowest BCUT2D eigenvalue weighted by molar-refractivity contribution is -0.384. The fourth-order valence-corrected chi connectivity index (χ4v) is 10.9. The lowest BCUT2D eigenvalue weighted by atomic mass is 9.71. The van der Waals surface area contributed by atoms with Crippen molar-refractivity contribution in [3.05, 3.63) is 129 Å². The Balaban J connectivity index is 0.00000661. The number of nitrogens with zero attached hydrogens (tertiary/aromatic N) is 4. The number of allylic oxidation sites excluding steroid dienone is 1. The highest BCUT2D eigenvalue weighted by molar-refractivity contribution is 7.99. The molecule has 1 aliphatic carbocycles. The molecule has 17 heteroatoms. The van der Waals surface area contributed by atoms with Gasteiger partial charge >= 0.3 is 0 Å². The van der Waals surface area contributed by atoms with Gasteiger partial charge in [-0.15, -0.1) is 24.2 Å². The number of halogens is 2. The summed E-state index contributed by atoms with van der Waals surface area (Å²) in [4.78, 5) is 32.7. The summed E-state index contributed by atoms with van der Waals surface area (Å²) in [6, 6.07) is 27.9. The first-order valence-electron chi connectivity index (χ1n) is 21.3. The SMILES string of the molecule is CC1(CN2CCNCC2)CCC(c2ccc(Cl)cc2)=C(CN2CCN(c3ccc(C(=O)NS(=O)(=O)c4ccc(NC(CCO)CSc5ccccc5)c([N+](=O)[O-])c4)cc3)CC2)C1.Cl. The number of piperazine rings is 2. The Morgan fingerprint density at radius 2 is 1.65 bits per heavy atom. The first-order chi connectivity index (χ1) is 29.9. The number of hydrogen-bond donors (Lipinski definition) is 4. The number of amides is 1. The molecule has 4 aromatic rings. The van der Waals surface area contributed by atoms with Crippen LogP contribution in [0.5, 0.6) is 0 Å². The van der Waals surface area contributed by atoms with Crippen LogP contribution in [0.2, 0.25) is 5.02 Å². The fourth-order valence-electron chi connectivity index (χ4n) is 8.74. The summed E-state index contributed by atoms with van der Waals surface area (Å²) in [7, 11) is -4.46. The molecule has 2 unspecified atom stereocenters. The molecule has 2 atom stereocenters. The third-order valence-electron chi connectivity index (χ3n) is 12.1. The second-order valence-corrected chi connectivity index (χ2v) is 20.0. The zero-order chi connectivity index (χ0) is 43.7. The van der Waals surface area contributed by atoms with Crippen molar-refractivity contribution in [2.75, 3.05) is 88.0 Å². The first-order valence-corrected chi connectivity index (χ1v) is 24.1. The number of carbonyl (C=O) groups is 1. The molecule has 0 spiro atoms. The monoisotopic (exact) mass is 937 g/mol. The lowest BCUT2D eigenvalue weighted by Crippen LogP contribution is -2.49. The smallest absolute Gasteiger partial charge is 0.293 e. The predicted molar refractivity (Wildman–Crippen MR) is 256 cm³/mol. The maximum atomic E-state index is 13.4. The summed E-state index contributed by atoms with van der Waals surface area (Å²) in [5.74, 6) is -0.330. The minimum atomic E-state index is -4.46. The van der Waals surface area contributed by atoms with Crippen LogP contribution < -0.4 is 20.3 Å². The van der Waals surface area contributed by atoms with E-state index in [2.05, 4.69) is 49.1 Å². The van der Waals surface area contributed by atoms with E-state index in [1.807, 2.05) is 54.6 Å². The minimum Gasteiger partial charge on any atom is -0.396 e. The van der Waals surface area contributed by atoms with Gasteiger partial charge in [0.15, 0.2) is 0 Å². The predicted octanol–water partition coefficient (Wildman–Crippen LogP) is 7.42. The van der Waals surface area contributed by atoms with Crippen LogP contribution in [0.3, 0.4) is 0 Å². The van der Waals surface area contributed by atoms with Crippen molar-refractivity contribution in [2.24, 2.45) is 5.41 Å². The van der Waals surface area contributed by atoms with Crippen LogP contribution >= 0.6 is 35.8 Å². The second-order valence-electron chi connectivity index (χ2n) is 16.8. The van der Waals surface area contributed by atoms with Gasteiger partial charge in [-0.25, -0.2) is 13.1 Å². The number of carbonyl (C=O) groups excluding carboxylic acids is 1. The molecular weight excluding hydrogens is 882 g/mol. The third kappa shape index (κ3) is 13.0.